The lowest BCUT2D eigenvalue weighted by Crippen LogP contribution is -2.12. The van der Waals surface area contributed by atoms with Gasteiger partial charge in [0, 0.05) is 26.8 Å². The van der Waals surface area contributed by atoms with Gasteiger partial charge in [-0.15, -0.1) is 0 Å². The molecule has 4 nitrogen and oxygen atoms in total. The molecule has 17 heavy (non-hydrogen) atoms. The SMILES string of the molecule is CN(C)c1ccnc(NCc2ccccc2)n1. The van der Waals surface area contributed by atoms with Crippen LogP contribution in [0, 0.1) is 0 Å². The topological polar surface area (TPSA) is 41.1 Å². The lowest BCUT2D eigenvalue weighted by atomic mass is 10.2. The third kappa shape index (κ3) is 3.17. The molecular weight excluding hydrogens is 212 g/mol. The maximum Gasteiger partial charge on any atom is 0.224 e. The standard InChI is InChI=1S/C13H16N4/c1-17(2)12-8-9-14-13(16-12)15-10-11-6-4-3-5-7-11/h3-9H,10H2,1-2H3,(H,14,15,16). The van der Waals surface area contributed by atoms with Gasteiger partial charge >= 0.3 is 0 Å². The second kappa shape index (κ2) is 5.30. The van der Waals surface area contributed by atoms with Gasteiger partial charge in [-0.3, -0.25) is 0 Å². The van der Waals surface area contributed by atoms with Gasteiger partial charge in [0.05, 0.1) is 0 Å². The van der Waals surface area contributed by atoms with Gasteiger partial charge < -0.3 is 10.2 Å². The Hall–Kier alpha value is -2.10. The Morgan fingerprint density at radius 1 is 1.12 bits per heavy atom. The molecule has 0 aliphatic carbocycles. The molecule has 0 aliphatic rings. The molecule has 4 heteroatoms. The largest absolute Gasteiger partial charge is 0.363 e. The van der Waals surface area contributed by atoms with E-state index in [4.69, 9.17) is 0 Å². The normalized spacial score (nSPS) is 10.0. The van der Waals surface area contributed by atoms with Crippen LogP contribution >= 0.6 is 0 Å². The van der Waals surface area contributed by atoms with Crippen LogP contribution in [-0.4, -0.2) is 24.1 Å². The highest BCUT2D eigenvalue weighted by molar-refractivity contribution is 5.41. The fourth-order valence-corrected chi connectivity index (χ4v) is 1.46. The monoisotopic (exact) mass is 228 g/mol. The van der Waals surface area contributed by atoms with Crippen molar-refractivity contribution in [3.8, 4) is 0 Å². The van der Waals surface area contributed by atoms with Gasteiger partial charge in [0.15, 0.2) is 0 Å². The summed E-state index contributed by atoms with van der Waals surface area (Å²) in [5.74, 6) is 1.55. The van der Waals surface area contributed by atoms with E-state index in [1.165, 1.54) is 5.56 Å². The van der Waals surface area contributed by atoms with Gasteiger partial charge in [-0.05, 0) is 11.6 Å². The van der Waals surface area contributed by atoms with Crippen LogP contribution in [0.5, 0.6) is 0 Å². The van der Waals surface area contributed by atoms with Crippen molar-refractivity contribution in [1.82, 2.24) is 9.97 Å². The summed E-state index contributed by atoms with van der Waals surface area (Å²) < 4.78 is 0. The highest BCUT2D eigenvalue weighted by Crippen LogP contribution is 2.09. The minimum absolute atomic E-state index is 0.653. The van der Waals surface area contributed by atoms with Gasteiger partial charge in [0.1, 0.15) is 5.82 Å². The molecule has 0 atom stereocenters. The molecule has 0 saturated heterocycles. The Morgan fingerprint density at radius 3 is 2.59 bits per heavy atom. The number of hydrogen-bond acceptors (Lipinski definition) is 4. The molecule has 0 spiro atoms. The first kappa shape index (κ1) is 11.4. The summed E-state index contributed by atoms with van der Waals surface area (Å²) >= 11 is 0. The number of aromatic nitrogens is 2. The number of benzene rings is 1. The first-order chi connectivity index (χ1) is 8.25. The maximum atomic E-state index is 4.39. The van der Waals surface area contributed by atoms with Gasteiger partial charge in [0.25, 0.3) is 0 Å². The predicted molar refractivity (Wildman–Crippen MR) is 70.1 cm³/mol. The van der Waals surface area contributed by atoms with Crippen LogP contribution < -0.4 is 10.2 Å². The molecule has 0 radical (unpaired) electrons. The van der Waals surface area contributed by atoms with Gasteiger partial charge in [-0.1, -0.05) is 30.3 Å². The number of nitrogens with zero attached hydrogens (tertiary/aromatic N) is 3. The van der Waals surface area contributed by atoms with E-state index < -0.39 is 0 Å². The second-order valence-corrected chi connectivity index (χ2v) is 3.97. The predicted octanol–water partition coefficient (Wildman–Crippen LogP) is 2.15. The molecule has 2 aromatic rings. The molecule has 0 amide bonds. The van der Waals surface area contributed by atoms with Crippen molar-refractivity contribution in [1.29, 1.82) is 0 Å². The molecule has 1 heterocycles. The molecule has 0 bridgehead atoms. The smallest absolute Gasteiger partial charge is 0.224 e. The zero-order valence-corrected chi connectivity index (χ0v) is 10.1. The number of anilines is 2. The quantitative estimate of drug-likeness (QED) is 0.870. The summed E-state index contributed by atoms with van der Waals surface area (Å²) in [6.07, 6.45) is 1.76. The molecule has 0 fully saturated rings. The summed E-state index contributed by atoms with van der Waals surface area (Å²) in [7, 11) is 3.92. The van der Waals surface area contributed by atoms with Crippen molar-refractivity contribution in [2.75, 3.05) is 24.3 Å². The Labute approximate surface area is 101 Å². The molecular formula is C13H16N4. The van der Waals surface area contributed by atoms with E-state index in [1.807, 2.05) is 43.3 Å². The lowest BCUT2D eigenvalue weighted by molar-refractivity contribution is 1.01. The summed E-state index contributed by atoms with van der Waals surface area (Å²) in [5.41, 5.74) is 1.21. The summed E-state index contributed by atoms with van der Waals surface area (Å²) in [5, 5.41) is 3.21. The first-order valence-electron chi connectivity index (χ1n) is 5.54. The van der Waals surface area contributed by atoms with Crippen molar-refractivity contribution < 1.29 is 0 Å². The summed E-state index contributed by atoms with van der Waals surface area (Å²) in [6.45, 7) is 0.734. The van der Waals surface area contributed by atoms with Crippen LogP contribution in [0.25, 0.3) is 0 Å². The molecule has 1 N–H and O–H groups in total. The fourth-order valence-electron chi connectivity index (χ4n) is 1.46. The van der Waals surface area contributed by atoms with Gasteiger partial charge in [0.2, 0.25) is 5.95 Å². The minimum atomic E-state index is 0.653. The molecule has 88 valence electrons. The zero-order valence-electron chi connectivity index (χ0n) is 10.1. The highest BCUT2D eigenvalue weighted by atomic mass is 15.2. The Kier molecular flexibility index (Phi) is 3.55. The van der Waals surface area contributed by atoms with E-state index in [1.54, 1.807) is 6.20 Å². The number of nitrogens with one attached hydrogen (secondary N) is 1. The minimum Gasteiger partial charge on any atom is -0.363 e. The van der Waals surface area contributed by atoms with E-state index in [0.717, 1.165) is 12.4 Å². The van der Waals surface area contributed by atoms with E-state index in [-0.39, 0.29) is 0 Å². The van der Waals surface area contributed by atoms with E-state index in [2.05, 4.69) is 27.4 Å². The average Bonchev–Trinajstić information content (AvgIpc) is 2.38. The Morgan fingerprint density at radius 2 is 1.88 bits per heavy atom. The molecule has 2 rings (SSSR count). The van der Waals surface area contributed by atoms with Crippen molar-refractivity contribution in [2.45, 2.75) is 6.54 Å². The maximum absolute atomic E-state index is 4.39. The van der Waals surface area contributed by atoms with Crippen LogP contribution in [0.4, 0.5) is 11.8 Å². The van der Waals surface area contributed by atoms with Gasteiger partial charge in [-0.25, -0.2) is 4.98 Å². The van der Waals surface area contributed by atoms with E-state index in [0.29, 0.717) is 5.95 Å². The highest BCUT2D eigenvalue weighted by Gasteiger charge is 2.00. The number of rotatable bonds is 4. The third-order valence-corrected chi connectivity index (χ3v) is 2.39. The van der Waals surface area contributed by atoms with Crippen molar-refractivity contribution in [3.05, 3.63) is 48.2 Å². The third-order valence-electron chi connectivity index (χ3n) is 2.39. The molecule has 1 aromatic carbocycles. The Bertz CT molecular complexity index is 468. The molecule has 0 unspecified atom stereocenters. The summed E-state index contributed by atoms with van der Waals surface area (Å²) in [6, 6.07) is 12.1. The zero-order chi connectivity index (χ0) is 12.1. The van der Waals surface area contributed by atoms with Crippen LogP contribution in [-0.2, 0) is 6.54 Å². The first-order valence-corrected chi connectivity index (χ1v) is 5.54. The number of hydrogen-bond donors (Lipinski definition) is 1. The van der Waals surface area contributed by atoms with Crippen molar-refractivity contribution in [3.63, 3.8) is 0 Å². The Balaban J connectivity index is 2.02. The second-order valence-electron chi connectivity index (χ2n) is 3.97. The van der Waals surface area contributed by atoms with Crippen LogP contribution in [0.1, 0.15) is 5.56 Å². The lowest BCUT2D eigenvalue weighted by Gasteiger charge is -2.12. The average molecular weight is 228 g/mol. The molecule has 1 aromatic heterocycles. The molecule has 0 aliphatic heterocycles. The van der Waals surface area contributed by atoms with Crippen LogP contribution in [0.3, 0.4) is 0 Å². The van der Waals surface area contributed by atoms with Crippen LogP contribution in [0.2, 0.25) is 0 Å². The van der Waals surface area contributed by atoms with Crippen LogP contribution in [0.15, 0.2) is 42.6 Å². The summed E-state index contributed by atoms with van der Waals surface area (Å²) in [4.78, 5) is 10.5. The van der Waals surface area contributed by atoms with Crippen molar-refractivity contribution >= 4 is 11.8 Å². The van der Waals surface area contributed by atoms with Crippen molar-refractivity contribution in [2.24, 2.45) is 0 Å². The van der Waals surface area contributed by atoms with Gasteiger partial charge in [-0.2, -0.15) is 4.98 Å². The molecule has 0 saturated carbocycles. The fraction of sp³-hybridized carbons (Fsp3) is 0.231. The van der Waals surface area contributed by atoms with E-state index >= 15 is 0 Å². The van der Waals surface area contributed by atoms with E-state index in [9.17, 15) is 0 Å².